The Bertz CT molecular complexity index is 1480. The molecule has 33 heavy (non-hydrogen) atoms. The third-order valence-corrected chi connectivity index (χ3v) is 5.28. The molecule has 0 spiro atoms. The summed E-state index contributed by atoms with van der Waals surface area (Å²) in [6.45, 7) is -0.396. The van der Waals surface area contributed by atoms with Gasteiger partial charge < -0.3 is 10.1 Å². The molecule has 0 aliphatic heterocycles. The van der Waals surface area contributed by atoms with E-state index < -0.39 is 18.5 Å². The minimum absolute atomic E-state index is 0.353. The monoisotopic (exact) mass is 433 g/mol. The zero-order valence-corrected chi connectivity index (χ0v) is 17.6. The fourth-order valence-electron chi connectivity index (χ4n) is 3.69. The molecule has 2 heterocycles. The normalized spacial score (nSPS) is 10.8. The molecule has 6 nitrogen and oxygen atoms in total. The summed E-state index contributed by atoms with van der Waals surface area (Å²) in [5.41, 5.74) is 3.12. The Morgan fingerprint density at radius 1 is 0.818 bits per heavy atom. The molecule has 0 atom stereocenters. The van der Waals surface area contributed by atoms with Gasteiger partial charge in [-0.05, 0) is 47.2 Å². The van der Waals surface area contributed by atoms with E-state index in [1.54, 1.807) is 18.5 Å². The first-order valence-corrected chi connectivity index (χ1v) is 10.4. The SMILES string of the molecule is O=C(COC(=O)c1cc(-c2ccncc2)nc2ccccc12)Nc1ccc2ccccc2c1. The van der Waals surface area contributed by atoms with Gasteiger partial charge in [0.1, 0.15) is 0 Å². The van der Waals surface area contributed by atoms with E-state index in [0.717, 1.165) is 16.3 Å². The van der Waals surface area contributed by atoms with Gasteiger partial charge in [0.15, 0.2) is 6.61 Å². The number of para-hydroxylation sites is 1. The van der Waals surface area contributed by atoms with Crippen molar-refractivity contribution in [3.8, 4) is 11.3 Å². The van der Waals surface area contributed by atoms with Crippen LogP contribution in [0.25, 0.3) is 32.9 Å². The quantitative estimate of drug-likeness (QED) is 0.383. The summed E-state index contributed by atoms with van der Waals surface area (Å²) in [5, 5.41) is 5.54. The lowest BCUT2D eigenvalue weighted by Crippen LogP contribution is -2.21. The number of ether oxygens (including phenoxy) is 1. The van der Waals surface area contributed by atoms with Crippen molar-refractivity contribution < 1.29 is 14.3 Å². The molecule has 2 aromatic heterocycles. The van der Waals surface area contributed by atoms with E-state index in [9.17, 15) is 9.59 Å². The zero-order chi connectivity index (χ0) is 22.6. The summed E-state index contributed by atoms with van der Waals surface area (Å²) in [4.78, 5) is 34.0. The number of esters is 1. The number of nitrogens with one attached hydrogen (secondary N) is 1. The number of aromatic nitrogens is 2. The molecule has 1 amide bonds. The molecule has 3 aromatic carbocycles. The molecule has 0 aliphatic carbocycles. The smallest absolute Gasteiger partial charge is 0.339 e. The lowest BCUT2D eigenvalue weighted by Gasteiger charge is -2.11. The third kappa shape index (κ3) is 4.41. The first-order chi connectivity index (χ1) is 16.2. The van der Waals surface area contributed by atoms with Gasteiger partial charge in [-0.3, -0.25) is 9.78 Å². The molecule has 6 heteroatoms. The molecule has 1 N–H and O–H groups in total. The molecule has 0 aliphatic rings. The summed E-state index contributed by atoms with van der Waals surface area (Å²) in [5.74, 6) is -0.996. The number of benzene rings is 3. The first-order valence-electron chi connectivity index (χ1n) is 10.4. The van der Waals surface area contributed by atoms with Gasteiger partial charge >= 0.3 is 5.97 Å². The van der Waals surface area contributed by atoms with E-state index >= 15 is 0 Å². The van der Waals surface area contributed by atoms with Crippen molar-refractivity contribution in [2.75, 3.05) is 11.9 Å². The molecule has 0 radical (unpaired) electrons. The van der Waals surface area contributed by atoms with Crippen molar-refractivity contribution in [1.29, 1.82) is 0 Å². The number of carbonyl (C=O) groups is 2. The third-order valence-electron chi connectivity index (χ3n) is 5.28. The first kappa shape index (κ1) is 20.3. The van der Waals surface area contributed by atoms with E-state index in [-0.39, 0.29) is 0 Å². The molecular formula is C27H19N3O3. The summed E-state index contributed by atoms with van der Waals surface area (Å²) in [7, 11) is 0. The number of carbonyl (C=O) groups excluding carboxylic acids is 2. The van der Waals surface area contributed by atoms with Crippen molar-refractivity contribution in [3.63, 3.8) is 0 Å². The Labute approximate surface area is 189 Å². The van der Waals surface area contributed by atoms with Crippen LogP contribution in [0.2, 0.25) is 0 Å². The average Bonchev–Trinajstić information content (AvgIpc) is 2.87. The Balaban J connectivity index is 1.34. The highest BCUT2D eigenvalue weighted by atomic mass is 16.5. The van der Waals surface area contributed by atoms with Crippen LogP contribution in [0.1, 0.15) is 10.4 Å². The minimum atomic E-state index is -0.586. The van der Waals surface area contributed by atoms with E-state index in [1.165, 1.54) is 0 Å². The number of anilines is 1. The van der Waals surface area contributed by atoms with Crippen LogP contribution in [0.15, 0.2) is 97.3 Å². The molecular weight excluding hydrogens is 414 g/mol. The average molecular weight is 433 g/mol. The molecule has 5 aromatic rings. The van der Waals surface area contributed by atoms with Crippen molar-refractivity contribution in [2.24, 2.45) is 0 Å². The predicted molar refractivity (Wildman–Crippen MR) is 128 cm³/mol. The largest absolute Gasteiger partial charge is 0.452 e. The number of amides is 1. The van der Waals surface area contributed by atoms with Gasteiger partial charge in [-0.25, -0.2) is 9.78 Å². The fraction of sp³-hybridized carbons (Fsp3) is 0.0370. The Kier molecular flexibility index (Phi) is 5.47. The van der Waals surface area contributed by atoms with Gasteiger partial charge in [0.2, 0.25) is 0 Å². The maximum atomic E-state index is 12.9. The molecule has 0 unspecified atom stereocenters. The summed E-state index contributed by atoms with van der Waals surface area (Å²) < 4.78 is 5.36. The van der Waals surface area contributed by atoms with Gasteiger partial charge in [0.05, 0.1) is 16.8 Å². The summed E-state index contributed by atoms with van der Waals surface area (Å²) >= 11 is 0. The van der Waals surface area contributed by atoms with Gasteiger partial charge in [-0.15, -0.1) is 0 Å². The van der Waals surface area contributed by atoms with Crippen LogP contribution in [0.5, 0.6) is 0 Å². The van der Waals surface area contributed by atoms with Crippen LogP contribution in [-0.2, 0) is 9.53 Å². The molecule has 5 rings (SSSR count). The highest BCUT2D eigenvalue weighted by molar-refractivity contribution is 6.05. The number of nitrogens with zero attached hydrogens (tertiary/aromatic N) is 2. The second-order valence-electron chi connectivity index (χ2n) is 7.49. The zero-order valence-electron chi connectivity index (χ0n) is 17.6. The maximum Gasteiger partial charge on any atom is 0.339 e. The Morgan fingerprint density at radius 2 is 1.58 bits per heavy atom. The summed E-state index contributed by atoms with van der Waals surface area (Å²) in [6, 6.07) is 26.2. The minimum Gasteiger partial charge on any atom is -0.452 e. The van der Waals surface area contributed by atoms with Crippen molar-refractivity contribution in [2.45, 2.75) is 0 Å². The van der Waals surface area contributed by atoms with Gasteiger partial charge in [-0.1, -0.05) is 48.5 Å². The van der Waals surface area contributed by atoms with E-state index in [1.807, 2.05) is 78.9 Å². The van der Waals surface area contributed by atoms with Gasteiger partial charge in [0, 0.05) is 29.0 Å². The van der Waals surface area contributed by atoms with Crippen LogP contribution in [0, 0.1) is 0 Å². The number of pyridine rings is 2. The fourth-order valence-corrected chi connectivity index (χ4v) is 3.69. The van der Waals surface area contributed by atoms with E-state index in [2.05, 4.69) is 15.3 Å². The second kappa shape index (κ2) is 8.88. The van der Waals surface area contributed by atoms with E-state index in [4.69, 9.17) is 4.74 Å². The Hall–Kier alpha value is -4.58. The van der Waals surface area contributed by atoms with Crippen LogP contribution in [0.3, 0.4) is 0 Å². The van der Waals surface area contributed by atoms with Gasteiger partial charge in [-0.2, -0.15) is 0 Å². The lowest BCUT2D eigenvalue weighted by molar-refractivity contribution is -0.119. The molecule has 160 valence electrons. The number of hydrogen-bond acceptors (Lipinski definition) is 5. The van der Waals surface area contributed by atoms with Crippen molar-refractivity contribution >= 4 is 39.2 Å². The molecule has 0 bridgehead atoms. The molecule has 0 fully saturated rings. The van der Waals surface area contributed by atoms with Crippen LogP contribution in [0.4, 0.5) is 5.69 Å². The summed E-state index contributed by atoms with van der Waals surface area (Å²) in [6.07, 6.45) is 3.34. The molecule has 0 saturated heterocycles. The standard InChI is InChI=1S/C27H19N3O3/c31-26(29-21-10-9-18-5-1-2-6-20(18)15-21)17-33-27(32)23-16-25(19-11-13-28-14-12-19)30-24-8-4-3-7-22(23)24/h1-16H,17H2,(H,29,31). The van der Waals surface area contributed by atoms with E-state index in [0.29, 0.717) is 27.8 Å². The maximum absolute atomic E-state index is 12.9. The predicted octanol–water partition coefficient (Wildman–Crippen LogP) is 5.25. The second-order valence-corrected chi connectivity index (χ2v) is 7.49. The van der Waals surface area contributed by atoms with Crippen LogP contribution < -0.4 is 5.32 Å². The number of fused-ring (bicyclic) bond motifs is 2. The molecule has 0 saturated carbocycles. The van der Waals surface area contributed by atoms with Gasteiger partial charge in [0.25, 0.3) is 5.91 Å². The highest BCUT2D eigenvalue weighted by Gasteiger charge is 2.16. The highest BCUT2D eigenvalue weighted by Crippen LogP contribution is 2.25. The Morgan fingerprint density at radius 3 is 2.42 bits per heavy atom. The van der Waals surface area contributed by atoms with Crippen molar-refractivity contribution in [3.05, 3.63) is 103 Å². The number of hydrogen-bond donors (Lipinski definition) is 1. The topological polar surface area (TPSA) is 81.2 Å². The van der Waals surface area contributed by atoms with Crippen molar-refractivity contribution in [1.82, 2.24) is 9.97 Å². The van der Waals surface area contributed by atoms with Crippen LogP contribution >= 0.6 is 0 Å². The van der Waals surface area contributed by atoms with Crippen LogP contribution in [-0.4, -0.2) is 28.5 Å². The lowest BCUT2D eigenvalue weighted by atomic mass is 10.0. The number of rotatable bonds is 5.